The van der Waals surface area contributed by atoms with Gasteiger partial charge in [-0.2, -0.15) is 0 Å². The van der Waals surface area contributed by atoms with E-state index in [0.717, 1.165) is 11.1 Å². The van der Waals surface area contributed by atoms with Gasteiger partial charge < -0.3 is 21.3 Å². The number of nitrogens with zero attached hydrogens (tertiary/aromatic N) is 2. The molecule has 0 spiro atoms. The maximum atomic E-state index is 11.9. The first-order valence-electron chi connectivity index (χ1n) is 8.54. The second-order valence-corrected chi connectivity index (χ2v) is 6.24. The minimum atomic E-state index is -0.449. The van der Waals surface area contributed by atoms with Crippen molar-refractivity contribution in [3.8, 4) is 0 Å². The van der Waals surface area contributed by atoms with Crippen LogP contribution >= 0.6 is 0 Å². The summed E-state index contributed by atoms with van der Waals surface area (Å²) in [4.78, 5) is 28.9. The highest BCUT2D eigenvalue weighted by Gasteiger charge is 2.07. The highest BCUT2D eigenvalue weighted by Crippen LogP contribution is 2.07. The maximum Gasteiger partial charge on any atom is 0.253 e. The third-order valence-corrected chi connectivity index (χ3v) is 3.96. The average molecular weight is 367 g/mol. The van der Waals surface area contributed by atoms with E-state index < -0.39 is 5.91 Å². The third kappa shape index (κ3) is 5.85. The Bertz CT molecular complexity index is 829. The molecule has 2 aromatic rings. The van der Waals surface area contributed by atoms with Crippen LogP contribution in [-0.2, 0) is 13.1 Å². The Kier molecular flexibility index (Phi) is 6.93. The van der Waals surface area contributed by atoms with Crippen LogP contribution in [0.3, 0.4) is 0 Å². The summed E-state index contributed by atoms with van der Waals surface area (Å²) in [5, 5.41) is 6.41. The Labute approximate surface area is 159 Å². The van der Waals surface area contributed by atoms with Crippen molar-refractivity contribution in [2.45, 2.75) is 13.1 Å². The van der Waals surface area contributed by atoms with Gasteiger partial charge in [0.1, 0.15) is 0 Å². The van der Waals surface area contributed by atoms with Gasteiger partial charge in [0.2, 0.25) is 5.91 Å². The van der Waals surface area contributed by atoms with E-state index in [-0.39, 0.29) is 5.91 Å². The Hall–Kier alpha value is -3.35. The highest BCUT2D eigenvalue weighted by molar-refractivity contribution is 5.94. The number of nitrogens with one attached hydrogen (secondary N) is 2. The number of guanidine groups is 1. The summed E-state index contributed by atoms with van der Waals surface area (Å²) >= 11 is 0. The van der Waals surface area contributed by atoms with E-state index >= 15 is 0 Å². The Morgan fingerprint density at radius 1 is 0.963 bits per heavy atom. The van der Waals surface area contributed by atoms with E-state index in [1.54, 1.807) is 44.2 Å². The number of hydrogen-bond acceptors (Lipinski definition) is 3. The first kappa shape index (κ1) is 20.0. The van der Waals surface area contributed by atoms with E-state index in [2.05, 4.69) is 15.6 Å². The van der Waals surface area contributed by atoms with Gasteiger partial charge in [0.05, 0.1) is 0 Å². The first-order chi connectivity index (χ1) is 12.9. The second kappa shape index (κ2) is 9.38. The molecule has 0 saturated carbocycles. The summed E-state index contributed by atoms with van der Waals surface area (Å²) in [5.41, 5.74) is 8.40. The SMILES string of the molecule is CN=C(NCc1ccc(C(=O)N(C)C)cc1)NCc1cccc(C(N)=O)c1. The molecule has 0 atom stereocenters. The molecule has 2 rings (SSSR count). The van der Waals surface area contributed by atoms with Crippen LogP contribution in [0.25, 0.3) is 0 Å². The molecule has 4 N–H and O–H groups in total. The minimum Gasteiger partial charge on any atom is -0.366 e. The Morgan fingerprint density at radius 2 is 1.59 bits per heavy atom. The van der Waals surface area contributed by atoms with Gasteiger partial charge >= 0.3 is 0 Å². The molecule has 0 aliphatic rings. The number of primary amides is 1. The summed E-state index contributed by atoms with van der Waals surface area (Å²) in [7, 11) is 5.15. The zero-order valence-corrected chi connectivity index (χ0v) is 15.8. The monoisotopic (exact) mass is 367 g/mol. The fourth-order valence-electron chi connectivity index (χ4n) is 2.45. The second-order valence-electron chi connectivity index (χ2n) is 6.24. The van der Waals surface area contributed by atoms with Crippen molar-refractivity contribution in [2.75, 3.05) is 21.1 Å². The molecule has 0 unspecified atom stereocenters. The van der Waals surface area contributed by atoms with Crippen molar-refractivity contribution in [1.82, 2.24) is 15.5 Å². The average Bonchev–Trinajstić information content (AvgIpc) is 2.68. The van der Waals surface area contributed by atoms with Crippen LogP contribution in [0.4, 0.5) is 0 Å². The minimum absolute atomic E-state index is 0.0230. The van der Waals surface area contributed by atoms with E-state index in [1.807, 2.05) is 30.3 Å². The van der Waals surface area contributed by atoms with Crippen molar-refractivity contribution in [3.05, 3.63) is 70.8 Å². The van der Waals surface area contributed by atoms with Gasteiger partial charge in [0.25, 0.3) is 5.91 Å². The van der Waals surface area contributed by atoms with E-state index in [0.29, 0.717) is 30.2 Å². The van der Waals surface area contributed by atoms with Gasteiger partial charge in [0, 0.05) is 45.4 Å². The summed E-state index contributed by atoms with van der Waals surface area (Å²) in [6, 6.07) is 14.6. The standard InChI is InChI=1S/C20H25N5O2/c1-22-20(24-13-15-5-4-6-17(11-15)18(21)26)23-12-14-7-9-16(10-8-14)19(27)25(2)3/h4-11H,12-13H2,1-3H3,(H2,21,26)(H2,22,23,24). The molecule has 0 aromatic heterocycles. The number of carbonyl (C=O) groups excluding carboxylic acids is 2. The predicted octanol–water partition coefficient (Wildman–Crippen LogP) is 1.35. The summed E-state index contributed by atoms with van der Waals surface area (Å²) in [6.45, 7) is 1.08. The molecule has 2 aromatic carbocycles. The smallest absolute Gasteiger partial charge is 0.253 e. The third-order valence-electron chi connectivity index (χ3n) is 3.96. The topological polar surface area (TPSA) is 99.8 Å². The lowest BCUT2D eigenvalue weighted by atomic mass is 10.1. The van der Waals surface area contributed by atoms with Gasteiger partial charge in [-0.15, -0.1) is 0 Å². The number of benzene rings is 2. The molecule has 7 nitrogen and oxygen atoms in total. The molecule has 0 heterocycles. The molecule has 142 valence electrons. The summed E-state index contributed by atoms with van der Waals surface area (Å²) < 4.78 is 0. The van der Waals surface area contributed by atoms with Gasteiger partial charge in [-0.3, -0.25) is 14.6 Å². The zero-order valence-electron chi connectivity index (χ0n) is 15.8. The van der Waals surface area contributed by atoms with Crippen LogP contribution in [0, 0.1) is 0 Å². The molecule has 0 bridgehead atoms. The Balaban J connectivity index is 1.89. The molecule has 0 aliphatic carbocycles. The van der Waals surface area contributed by atoms with Crippen LogP contribution in [0.15, 0.2) is 53.5 Å². The molecule has 0 saturated heterocycles. The largest absolute Gasteiger partial charge is 0.366 e. The van der Waals surface area contributed by atoms with Crippen LogP contribution < -0.4 is 16.4 Å². The zero-order chi connectivity index (χ0) is 19.8. The van der Waals surface area contributed by atoms with Crippen LogP contribution in [0.2, 0.25) is 0 Å². The number of carbonyl (C=O) groups is 2. The van der Waals surface area contributed by atoms with E-state index in [4.69, 9.17) is 5.73 Å². The summed E-state index contributed by atoms with van der Waals surface area (Å²) in [5.74, 6) is 0.161. The van der Waals surface area contributed by atoms with Gasteiger partial charge in [0.15, 0.2) is 5.96 Å². The van der Waals surface area contributed by atoms with E-state index in [9.17, 15) is 9.59 Å². The van der Waals surface area contributed by atoms with E-state index in [1.165, 1.54) is 0 Å². The molecule has 0 fully saturated rings. The molecule has 2 amide bonds. The van der Waals surface area contributed by atoms with Crippen molar-refractivity contribution >= 4 is 17.8 Å². The van der Waals surface area contributed by atoms with Gasteiger partial charge in [-0.1, -0.05) is 24.3 Å². The fraction of sp³-hybridized carbons (Fsp3) is 0.250. The molecule has 27 heavy (non-hydrogen) atoms. The molecule has 0 radical (unpaired) electrons. The lowest BCUT2D eigenvalue weighted by Crippen LogP contribution is -2.36. The lowest BCUT2D eigenvalue weighted by molar-refractivity contribution is 0.0827. The molecular formula is C20H25N5O2. The Morgan fingerprint density at radius 3 is 2.15 bits per heavy atom. The van der Waals surface area contributed by atoms with Crippen molar-refractivity contribution in [2.24, 2.45) is 10.7 Å². The lowest BCUT2D eigenvalue weighted by Gasteiger charge is -2.13. The predicted molar refractivity (Wildman–Crippen MR) is 106 cm³/mol. The van der Waals surface area contributed by atoms with Crippen molar-refractivity contribution in [1.29, 1.82) is 0 Å². The van der Waals surface area contributed by atoms with Crippen LogP contribution in [0.5, 0.6) is 0 Å². The van der Waals surface area contributed by atoms with Crippen LogP contribution in [-0.4, -0.2) is 43.8 Å². The van der Waals surface area contributed by atoms with Crippen molar-refractivity contribution in [3.63, 3.8) is 0 Å². The van der Waals surface area contributed by atoms with Crippen LogP contribution in [0.1, 0.15) is 31.8 Å². The fourth-order valence-corrected chi connectivity index (χ4v) is 2.45. The normalized spacial score (nSPS) is 11.0. The molecule has 0 aliphatic heterocycles. The number of aliphatic imine (C=N–C) groups is 1. The highest BCUT2D eigenvalue weighted by atomic mass is 16.2. The first-order valence-corrected chi connectivity index (χ1v) is 8.54. The molecular weight excluding hydrogens is 342 g/mol. The van der Waals surface area contributed by atoms with Gasteiger partial charge in [-0.25, -0.2) is 0 Å². The van der Waals surface area contributed by atoms with Crippen molar-refractivity contribution < 1.29 is 9.59 Å². The quantitative estimate of drug-likeness (QED) is 0.530. The number of amides is 2. The number of hydrogen-bond donors (Lipinski definition) is 3. The molecule has 7 heteroatoms. The van der Waals surface area contributed by atoms with Gasteiger partial charge in [-0.05, 0) is 35.4 Å². The number of rotatable bonds is 6. The number of nitrogens with two attached hydrogens (primary N) is 1. The maximum absolute atomic E-state index is 11.9. The summed E-state index contributed by atoms with van der Waals surface area (Å²) in [6.07, 6.45) is 0.